The van der Waals surface area contributed by atoms with E-state index in [2.05, 4.69) is 20.3 Å². The van der Waals surface area contributed by atoms with Gasteiger partial charge in [-0.2, -0.15) is 9.81 Å². The highest BCUT2D eigenvalue weighted by Crippen LogP contribution is 2.22. The first-order valence-corrected chi connectivity index (χ1v) is 5.86. The van der Waals surface area contributed by atoms with Gasteiger partial charge in [0.25, 0.3) is 0 Å². The molecule has 0 unspecified atom stereocenters. The Bertz CT molecular complexity index is 631. The van der Waals surface area contributed by atoms with Crippen molar-refractivity contribution in [1.82, 2.24) is 9.97 Å². The van der Waals surface area contributed by atoms with E-state index in [4.69, 9.17) is 4.74 Å². The van der Waals surface area contributed by atoms with E-state index in [-0.39, 0.29) is 13.1 Å². The van der Waals surface area contributed by atoms with E-state index in [1.165, 1.54) is 7.11 Å². The van der Waals surface area contributed by atoms with Crippen molar-refractivity contribution < 1.29 is 4.74 Å². The molecule has 0 saturated carbocycles. The summed E-state index contributed by atoms with van der Waals surface area (Å²) >= 11 is 0. The molecular formula is C13H12N4O3. The molecule has 0 fully saturated rings. The van der Waals surface area contributed by atoms with Crippen molar-refractivity contribution in [3.8, 4) is 17.1 Å². The summed E-state index contributed by atoms with van der Waals surface area (Å²) in [6.45, 7) is -0.0413. The average Bonchev–Trinajstić information content (AvgIpc) is 2.48. The number of hydrogen-bond acceptors (Lipinski definition) is 7. The molecule has 0 saturated heterocycles. The van der Waals surface area contributed by atoms with Crippen molar-refractivity contribution in [1.29, 1.82) is 0 Å². The Morgan fingerprint density at radius 3 is 2.40 bits per heavy atom. The van der Waals surface area contributed by atoms with Crippen molar-refractivity contribution in [2.24, 2.45) is 10.4 Å². The van der Waals surface area contributed by atoms with E-state index in [0.29, 0.717) is 28.5 Å². The summed E-state index contributed by atoms with van der Waals surface area (Å²) in [5.74, 6) is 0.564. The smallest absolute Gasteiger partial charge is 0.123 e. The van der Waals surface area contributed by atoms with Gasteiger partial charge in [-0.05, 0) is 12.1 Å². The highest BCUT2D eigenvalue weighted by Gasteiger charge is 2.08. The summed E-state index contributed by atoms with van der Waals surface area (Å²) < 4.78 is 5.16. The van der Waals surface area contributed by atoms with Crippen LogP contribution in [0.1, 0.15) is 11.4 Å². The molecule has 2 aromatic rings. The first-order valence-electron chi connectivity index (χ1n) is 5.86. The normalized spacial score (nSPS) is 10.1. The Hall–Kier alpha value is -2.70. The lowest BCUT2D eigenvalue weighted by molar-refractivity contribution is 0.413. The summed E-state index contributed by atoms with van der Waals surface area (Å²) in [5, 5.41) is 5.63. The Labute approximate surface area is 115 Å². The van der Waals surface area contributed by atoms with Crippen LogP contribution in [0.25, 0.3) is 11.4 Å². The van der Waals surface area contributed by atoms with E-state index in [1.807, 2.05) is 0 Å². The summed E-state index contributed by atoms with van der Waals surface area (Å²) in [6.07, 6.45) is 0. The minimum absolute atomic E-state index is 0.000555. The standard InChI is InChI=1S/C13H12N4O3/c1-20-11-5-10(8-15-19)17-13(6-11)12-4-2-3-9(16-12)7-14-18/h2-6H,7-8H2,1H3. The first kappa shape index (κ1) is 13.7. The molecule has 0 amide bonds. The van der Waals surface area contributed by atoms with Gasteiger partial charge in [-0.15, -0.1) is 0 Å². The van der Waals surface area contributed by atoms with Gasteiger partial charge in [0, 0.05) is 12.1 Å². The molecular weight excluding hydrogens is 260 g/mol. The first-order chi connectivity index (χ1) is 9.76. The zero-order chi connectivity index (χ0) is 14.4. The Morgan fingerprint density at radius 1 is 1.00 bits per heavy atom. The zero-order valence-corrected chi connectivity index (χ0v) is 10.8. The van der Waals surface area contributed by atoms with Gasteiger partial charge in [0.2, 0.25) is 0 Å². The third kappa shape index (κ3) is 3.19. The van der Waals surface area contributed by atoms with Crippen molar-refractivity contribution >= 4 is 0 Å². The Morgan fingerprint density at radius 2 is 1.70 bits per heavy atom. The molecule has 7 heteroatoms. The second-order valence-electron chi connectivity index (χ2n) is 3.97. The molecule has 0 aliphatic carbocycles. The minimum atomic E-state index is -0.0419. The quantitative estimate of drug-likeness (QED) is 0.753. The highest BCUT2D eigenvalue weighted by atomic mass is 16.5. The number of nitrogens with zero attached hydrogens (tertiary/aromatic N) is 4. The van der Waals surface area contributed by atoms with Crippen LogP contribution in [-0.2, 0) is 13.1 Å². The minimum Gasteiger partial charge on any atom is -0.497 e. The number of pyridine rings is 2. The van der Waals surface area contributed by atoms with Gasteiger partial charge in [-0.1, -0.05) is 16.4 Å². The third-order valence-corrected chi connectivity index (χ3v) is 2.61. The molecule has 0 aliphatic heterocycles. The molecule has 0 bridgehead atoms. The van der Waals surface area contributed by atoms with Crippen LogP contribution in [0.5, 0.6) is 5.75 Å². The van der Waals surface area contributed by atoms with Crippen LogP contribution in [0.4, 0.5) is 0 Å². The lowest BCUT2D eigenvalue weighted by atomic mass is 10.2. The molecule has 2 aromatic heterocycles. The van der Waals surface area contributed by atoms with Crippen LogP contribution in [0.2, 0.25) is 0 Å². The second-order valence-corrected chi connectivity index (χ2v) is 3.97. The molecule has 2 rings (SSSR count). The largest absolute Gasteiger partial charge is 0.497 e. The molecule has 102 valence electrons. The maximum absolute atomic E-state index is 10.4. The molecule has 0 radical (unpaired) electrons. The lowest BCUT2D eigenvalue weighted by Gasteiger charge is -2.07. The van der Waals surface area contributed by atoms with Gasteiger partial charge in [-0.3, -0.25) is 0 Å². The molecule has 0 spiro atoms. The van der Waals surface area contributed by atoms with Crippen molar-refractivity contribution in [3.63, 3.8) is 0 Å². The maximum Gasteiger partial charge on any atom is 0.123 e. The second kappa shape index (κ2) is 6.46. The van der Waals surface area contributed by atoms with E-state index >= 15 is 0 Å². The fourth-order valence-corrected chi connectivity index (χ4v) is 1.73. The van der Waals surface area contributed by atoms with E-state index in [1.54, 1.807) is 30.3 Å². The topological polar surface area (TPSA) is 93.9 Å². The van der Waals surface area contributed by atoms with Gasteiger partial charge in [-0.25, -0.2) is 9.97 Å². The van der Waals surface area contributed by atoms with Gasteiger partial charge in [0.05, 0.1) is 29.9 Å². The third-order valence-electron chi connectivity index (χ3n) is 2.61. The fraction of sp³-hybridized carbons (Fsp3) is 0.231. The van der Waals surface area contributed by atoms with E-state index in [0.717, 1.165) is 0 Å². The number of aromatic nitrogens is 2. The predicted molar refractivity (Wildman–Crippen MR) is 73.0 cm³/mol. The Kier molecular flexibility index (Phi) is 4.43. The SMILES string of the molecule is COc1cc(CN=O)nc(-c2cccc(CN=O)n2)c1. The number of rotatable bonds is 6. The molecule has 0 N–H and O–H groups in total. The van der Waals surface area contributed by atoms with E-state index in [9.17, 15) is 9.81 Å². The zero-order valence-electron chi connectivity index (χ0n) is 10.8. The molecule has 0 aliphatic rings. The maximum atomic E-state index is 10.4. The van der Waals surface area contributed by atoms with Gasteiger partial charge < -0.3 is 4.74 Å². The predicted octanol–water partition coefficient (Wildman–Crippen LogP) is 2.69. The number of nitroso groups, excluding NO2 is 2. The van der Waals surface area contributed by atoms with Crippen molar-refractivity contribution in [2.75, 3.05) is 7.11 Å². The summed E-state index contributed by atoms with van der Waals surface area (Å²) in [6, 6.07) is 8.57. The van der Waals surface area contributed by atoms with Crippen molar-refractivity contribution in [3.05, 3.63) is 51.5 Å². The van der Waals surface area contributed by atoms with Crippen molar-refractivity contribution in [2.45, 2.75) is 13.1 Å². The molecule has 0 aromatic carbocycles. The van der Waals surface area contributed by atoms with Crippen LogP contribution >= 0.6 is 0 Å². The van der Waals surface area contributed by atoms with Gasteiger partial charge in [0.15, 0.2) is 0 Å². The molecule has 2 heterocycles. The highest BCUT2D eigenvalue weighted by molar-refractivity contribution is 5.57. The van der Waals surface area contributed by atoms with Crippen LogP contribution < -0.4 is 4.74 Å². The van der Waals surface area contributed by atoms with Crippen LogP contribution in [0.3, 0.4) is 0 Å². The fourth-order valence-electron chi connectivity index (χ4n) is 1.73. The monoisotopic (exact) mass is 272 g/mol. The number of methoxy groups -OCH3 is 1. The van der Waals surface area contributed by atoms with Crippen LogP contribution in [0, 0.1) is 9.81 Å². The summed E-state index contributed by atoms with van der Waals surface area (Å²) in [5.41, 5.74) is 2.18. The molecule has 20 heavy (non-hydrogen) atoms. The lowest BCUT2D eigenvalue weighted by Crippen LogP contribution is -1.97. The number of hydrogen-bond donors (Lipinski definition) is 0. The number of ether oxygens (including phenoxy) is 1. The summed E-state index contributed by atoms with van der Waals surface area (Å²) in [7, 11) is 1.53. The molecule has 0 atom stereocenters. The van der Waals surface area contributed by atoms with Gasteiger partial charge >= 0.3 is 0 Å². The van der Waals surface area contributed by atoms with E-state index < -0.39 is 0 Å². The van der Waals surface area contributed by atoms with Gasteiger partial charge in [0.1, 0.15) is 18.8 Å². The van der Waals surface area contributed by atoms with Crippen LogP contribution in [0.15, 0.2) is 40.7 Å². The Balaban J connectivity index is 2.44. The summed E-state index contributed by atoms with van der Waals surface area (Å²) in [4.78, 5) is 29.2. The van der Waals surface area contributed by atoms with Crippen LogP contribution in [-0.4, -0.2) is 17.1 Å². The average molecular weight is 272 g/mol. The molecule has 7 nitrogen and oxygen atoms in total.